The van der Waals surface area contributed by atoms with Gasteiger partial charge in [0.2, 0.25) is 11.8 Å². The summed E-state index contributed by atoms with van der Waals surface area (Å²) in [5.41, 5.74) is 2.98. The van der Waals surface area contributed by atoms with Gasteiger partial charge in [-0.3, -0.25) is 9.59 Å². The molecule has 6 nitrogen and oxygen atoms in total. The van der Waals surface area contributed by atoms with E-state index in [0.29, 0.717) is 23.9 Å². The second-order valence-electron chi connectivity index (χ2n) is 7.77. The van der Waals surface area contributed by atoms with Crippen LogP contribution >= 0.6 is 23.4 Å². The molecule has 2 heterocycles. The number of benzene rings is 2. The Bertz CT molecular complexity index is 1090. The molecule has 0 aliphatic carbocycles. The number of thioether (sulfide) groups is 1. The van der Waals surface area contributed by atoms with E-state index in [1.165, 1.54) is 24.2 Å². The number of nitrogens with one attached hydrogen (secondary N) is 1. The second kappa shape index (κ2) is 9.75. The zero-order valence-corrected chi connectivity index (χ0v) is 19.0. The molecule has 0 radical (unpaired) electrons. The van der Waals surface area contributed by atoms with E-state index in [0.717, 1.165) is 35.6 Å². The van der Waals surface area contributed by atoms with Crippen molar-refractivity contribution >= 4 is 46.2 Å². The maximum atomic E-state index is 12.9. The number of nitrogens with zero attached hydrogens (tertiary/aromatic N) is 3. The molecule has 2 amide bonds. The number of rotatable bonds is 6. The van der Waals surface area contributed by atoms with Crippen molar-refractivity contribution in [3.8, 4) is 0 Å². The number of hydrogen-bond donors (Lipinski definition) is 1. The zero-order chi connectivity index (χ0) is 21.8. The Morgan fingerprint density at radius 2 is 2.03 bits per heavy atom. The molecule has 2 aromatic carbocycles. The summed E-state index contributed by atoms with van der Waals surface area (Å²) in [6.45, 7) is 3.48. The summed E-state index contributed by atoms with van der Waals surface area (Å²) >= 11 is 7.62. The number of hydrogen-bond acceptors (Lipinski definition) is 4. The molecule has 0 saturated carbocycles. The molecule has 162 valence electrons. The maximum Gasteiger partial charge on any atom is 0.233 e. The molecule has 31 heavy (non-hydrogen) atoms. The van der Waals surface area contributed by atoms with Crippen LogP contribution in [0, 0.1) is 0 Å². The van der Waals surface area contributed by atoms with Crippen molar-refractivity contribution in [2.75, 3.05) is 18.8 Å². The van der Waals surface area contributed by atoms with E-state index in [-0.39, 0.29) is 17.9 Å². The second-order valence-corrected chi connectivity index (χ2v) is 9.15. The first kappa shape index (κ1) is 21.7. The van der Waals surface area contributed by atoms with Crippen molar-refractivity contribution in [2.24, 2.45) is 0 Å². The number of imidazole rings is 1. The molecular formula is C23H25ClN4O2S. The Kier molecular flexibility index (Phi) is 6.83. The van der Waals surface area contributed by atoms with E-state index in [9.17, 15) is 9.59 Å². The van der Waals surface area contributed by atoms with E-state index in [1.807, 2.05) is 41.3 Å². The first-order valence-corrected chi connectivity index (χ1v) is 11.7. The van der Waals surface area contributed by atoms with E-state index in [1.54, 1.807) is 0 Å². The number of aromatic nitrogens is 2. The number of piperidine rings is 1. The van der Waals surface area contributed by atoms with Gasteiger partial charge in [0, 0.05) is 31.1 Å². The summed E-state index contributed by atoms with van der Waals surface area (Å²) in [5.74, 6) is 0.317. The fraction of sp³-hybridized carbons (Fsp3) is 0.348. The van der Waals surface area contributed by atoms with Crippen LogP contribution in [0.1, 0.15) is 25.3 Å². The normalized spacial score (nSPS) is 16.5. The van der Waals surface area contributed by atoms with Crippen LogP contribution in [0.4, 0.5) is 0 Å². The lowest BCUT2D eigenvalue weighted by molar-refractivity contribution is -0.130. The van der Waals surface area contributed by atoms with Crippen LogP contribution in [-0.4, -0.2) is 51.1 Å². The van der Waals surface area contributed by atoms with Gasteiger partial charge in [-0.15, -0.1) is 0 Å². The average Bonchev–Trinajstić information content (AvgIpc) is 3.08. The molecule has 8 heteroatoms. The van der Waals surface area contributed by atoms with Crippen LogP contribution in [0.5, 0.6) is 0 Å². The third-order valence-electron chi connectivity index (χ3n) is 5.36. The largest absolute Gasteiger partial charge is 0.352 e. The van der Waals surface area contributed by atoms with Gasteiger partial charge in [-0.2, -0.15) is 0 Å². The fourth-order valence-electron chi connectivity index (χ4n) is 3.94. The van der Waals surface area contributed by atoms with E-state index in [2.05, 4.69) is 22.0 Å². The molecular weight excluding hydrogens is 432 g/mol. The number of carbonyl (C=O) groups is 2. The molecule has 1 atom stereocenters. The van der Waals surface area contributed by atoms with Crippen LogP contribution in [0.3, 0.4) is 0 Å². The number of fused-ring (bicyclic) bond motifs is 1. The molecule has 1 saturated heterocycles. The van der Waals surface area contributed by atoms with Crippen LogP contribution in [0.2, 0.25) is 5.02 Å². The monoisotopic (exact) mass is 456 g/mol. The van der Waals surface area contributed by atoms with Crippen LogP contribution < -0.4 is 5.32 Å². The zero-order valence-electron chi connectivity index (χ0n) is 17.4. The number of carbonyl (C=O) groups excluding carboxylic acids is 2. The van der Waals surface area contributed by atoms with Crippen molar-refractivity contribution in [1.29, 1.82) is 0 Å². The lowest BCUT2D eigenvalue weighted by Crippen LogP contribution is -2.49. The lowest BCUT2D eigenvalue weighted by Gasteiger charge is -2.33. The molecule has 1 fully saturated rings. The van der Waals surface area contributed by atoms with E-state index < -0.39 is 0 Å². The van der Waals surface area contributed by atoms with E-state index >= 15 is 0 Å². The van der Waals surface area contributed by atoms with Crippen LogP contribution in [-0.2, 0) is 16.1 Å². The SMILES string of the molecule is CC(=O)NC1CCCN(C(=O)CSc2nc3cc(Cl)ccc3n2Cc2ccccc2)C1. The van der Waals surface area contributed by atoms with Gasteiger partial charge in [0.05, 0.1) is 23.3 Å². The maximum absolute atomic E-state index is 12.9. The molecule has 1 N–H and O–H groups in total. The Labute approximate surface area is 191 Å². The Morgan fingerprint density at radius 1 is 1.23 bits per heavy atom. The molecule has 3 aromatic rings. The van der Waals surface area contributed by atoms with Crippen LogP contribution in [0.25, 0.3) is 11.0 Å². The molecule has 4 rings (SSSR count). The van der Waals surface area contributed by atoms with Gasteiger partial charge in [-0.1, -0.05) is 53.7 Å². The van der Waals surface area contributed by atoms with Crippen molar-refractivity contribution < 1.29 is 9.59 Å². The predicted octanol–water partition coefficient (Wildman–Crippen LogP) is 3.96. The van der Waals surface area contributed by atoms with Gasteiger partial charge in [-0.25, -0.2) is 4.98 Å². The van der Waals surface area contributed by atoms with Gasteiger partial charge < -0.3 is 14.8 Å². The molecule has 0 spiro atoms. The van der Waals surface area contributed by atoms with Crippen LogP contribution in [0.15, 0.2) is 53.7 Å². The van der Waals surface area contributed by atoms with Crippen molar-refractivity contribution in [3.63, 3.8) is 0 Å². The smallest absolute Gasteiger partial charge is 0.233 e. The summed E-state index contributed by atoms with van der Waals surface area (Å²) in [4.78, 5) is 30.8. The summed E-state index contributed by atoms with van der Waals surface area (Å²) in [6, 6.07) is 15.9. The summed E-state index contributed by atoms with van der Waals surface area (Å²) < 4.78 is 2.13. The highest BCUT2D eigenvalue weighted by molar-refractivity contribution is 7.99. The van der Waals surface area contributed by atoms with Gasteiger partial charge in [0.15, 0.2) is 5.16 Å². The minimum atomic E-state index is -0.0537. The number of halogens is 1. The summed E-state index contributed by atoms with van der Waals surface area (Å²) in [5, 5.41) is 4.37. The highest BCUT2D eigenvalue weighted by Gasteiger charge is 2.24. The Hall–Kier alpha value is -2.51. The highest BCUT2D eigenvalue weighted by Crippen LogP contribution is 2.28. The quantitative estimate of drug-likeness (QED) is 0.570. The molecule has 0 bridgehead atoms. The minimum Gasteiger partial charge on any atom is -0.352 e. The van der Waals surface area contributed by atoms with Crippen molar-refractivity contribution in [2.45, 2.75) is 37.5 Å². The first-order valence-electron chi connectivity index (χ1n) is 10.4. The number of amides is 2. The predicted molar refractivity (Wildman–Crippen MR) is 124 cm³/mol. The third kappa shape index (κ3) is 5.40. The molecule has 1 aliphatic rings. The topological polar surface area (TPSA) is 67.2 Å². The fourth-order valence-corrected chi connectivity index (χ4v) is 5.02. The van der Waals surface area contributed by atoms with E-state index in [4.69, 9.17) is 16.6 Å². The first-order chi connectivity index (χ1) is 15.0. The van der Waals surface area contributed by atoms with Gasteiger partial charge >= 0.3 is 0 Å². The van der Waals surface area contributed by atoms with Gasteiger partial charge in [0.1, 0.15) is 0 Å². The Balaban J connectivity index is 1.50. The Morgan fingerprint density at radius 3 is 2.81 bits per heavy atom. The van der Waals surface area contributed by atoms with Crippen molar-refractivity contribution in [3.05, 3.63) is 59.1 Å². The molecule has 1 aromatic heterocycles. The van der Waals surface area contributed by atoms with Gasteiger partial charge in [-0.05, 0) is 36.6 Å². The molecule has 1 unspecified atom stereocenters. The van der Waals surface area contributed by atoms with Crippen molar-refractivity contribution in [1.82, 2.24) is 19.8 Å². The number of likely N-dealkylation sites (tertiary alicyclic amines) is 1. The molecule has 1 aliphatic heterocycles. The summed E-state index contributed by atoms with van der Waals surface area (Å²) in [7, 11) is 0. The lowest BCUT2D eigenvalue weighted by atomic mass is 10.1. The standard InChI is InChI=1S/C23H25ClN4O2S/c1-16(29)25-19-8-5-11-27(14-19)22(30)15-31-23-26-20-12-18(24)9-10-21(20)28(23)13-17-6-3-2-4-7-17/h2-4,6-7,9-10,12,19H,5,8,11,13-15H2,1H3,(H,25,29). The third-order valence-corrected chi connectivity index (χ3v) is 6.56. The van der Waals surface area contributed by atoms with Gasteiger partial charge in [0.25, 0.3) is 0 Å². The minimum absolute atomic E-state index is 0.0324. The highest BCUT2D eigenvalue weighted by atomic mass is 35.5. The summed E-state index contributed by atoms with van der Waals surface area (Å²) in [6.07, 6.45) is 1.80. The average molecular weight is 457 g/mol.